The fraction of sp³-hybridized carbons (Fsp3) is 0.533. The lowest BCUT2D eigenvalue weighted by molar-refractivity contribution is -0.150. The molecule has 0 fully saturated rings. The number of methoxy groups -OCH3 is 1. The lowest BCUT2D eigenvalue weighted by Gasteiger charge is -2.21. The number of fused-ring (bicyclic) bond motifs is 1. The second-order valence-corrected chi connectivity index (χ2v) is 5.36. The molecule has 21 heavy (non-hydrogen) atoms. The summed E-state index contributed by atoms with van der Waals surface area (Å²) in [6, 6.07) is 3.25. The quantitative estimate of drug-likeness (QED) is 0.817. The Kier molecular flexibility index (Phi) is 5.31. The van der Waals surface area contributed by atoms with Crippen LogP contribution in [0.3, 0.4) is 0 Å². The van der Waals surface area contributed by atoms with E-state index in [0.717, 1.165) is 12.8 Å². The second kappa shape index (κ2) is 7.00. The summed E-state index contributed by atoms with van der Waals surface area (Å²) in [5, 5.41) is 10.9. The van der Waals surface area contributed by atoms with Gasteiger partial charge in [0.1, 0.15) is 0 Å². The SMILES string of the molecule is CCCCC(C(=O)OC)C(O)c1cc(Cl)c2c(c1)OCO2. The van der Waals surface area contributed by atoms with Crippen LogP contribution in [0.4, 0.5) is 0 Å². The third-order valence-electron chi connectivity index (χ3n) is 3.54. The lowest BCUT2D eigenvalue weighted by atomic mass is 9.91. The molecular weight excluding hydrogens is 296 g/mol. The van der Waals surface area contributed by atoms with Crippen LogP contribution < -0.4 is 9.47 Å². The van der Waals surface area contributed by atoms with Crippen LogP contribution in [0.15, 0.2) is 12.1 Å². The molecule has 0 saturated heterocycles. The van der Waals surface area contributed by atoms with Gasteiger partial charge >= 0.3 is 5.97 Å². The predicted molar refractivity (Wildman–Crippen MR) is 77.6 cm³/mol. The first-order chi connectivity index (χ1) is 10.1. The number of carbonyl (C=O) groups is 1. The number of rotatable bonds is 6. The fourth-order valence-corrected chi connectivity index (χ4v) is 2.64. The van der Waals surface area contributed by atoms with Crippen LogP contribution in [0, 0.1) is 5.92 Å². The molecule has 0 spiro atoms. The zero-order valence-corrected chi connectivity index (χ0v) is 12.9. The smallest absolute Gasteiger partial charge is 0.311 e. The number of unbranched alkanes of at least 4 members (excludes halogenated alkanes) is 1. The molecule has 116 valence electrons. The minimum absolute atomic E-state index is 0.102. The molecule has 6 heteroatoms. The normalized spacial score (nSPS) is 15.6. The Morgan fingerprint density at radius 2 is 2.24 bits per heavy atom. The van der Waals surface area contributed by atoms with Gasteiger partial charge in [-0.25, -0.2) is 0 Å². The summed E-state index contributed by atoms with van der Waals surface area (Å²) in [7, 11) is 1.32. The molecule has 0 aromatic heterocycles. The fourth-order valence-electron chi connectivity index (χ4n) is 2.37. The maximum atomic E-state index is 11.9. The number of carbonyl (C=O) groups excluding carboxylic acids is 1. The van der Waals surface area contributed by atoms with Gasteiger partial charge < -0.3 is 19.3 Å². The van der Waals surface area contributed by atoms with Gasteiger partial charge in [0.05, 0.1) is 24.2 Å². The van der Waals surface area contributed by atoms with Crippen LogP contribution in [-0.4, -0.2) is 25.0 Å². The molecule has 0 saturated carbocycles. The van der Waals surface area contributed by atoms with Gasteiger partial charge in [-0.3, -0.25) is 4.79 Å². The summed E-state index contributed by atoms with van der Waals surface area (Å²) >= 11 is 6.11. The summed E-state index contributed by atoms with van der Waals surface area (Å²) in [5.41, 5.74) is 0.524. The molecule has 0 bridgehead atoms. The molecule has 2 rings (SSSR count). The van der Waals surface area contributed by atoms with Gasteiger partial charge in [-0.05, 0) is 24.1 Å². The first-order valence-corrected chi connectivity index (χ1v) is 7.31. The standard InChI is InChI=1S/C15H19ClO5/c1-3-4-5-10(15(18)19-2)13(17)9-6-11(16)14-12(7-9)20-8-21-14/h6-7,10,13,17H,3-5,8H2,1-2H3. The highest BCUT2D eigenvalue weighted by Gasteiger charge is 2.30. The summed E-state index contributed by atoms with van der Waals surface area (Å²) in [5.74, 6) is -0.0948. The molecule has 1 heterocycles. The zero-order valence-electron chi connectivity index (χ0n) is 12.1. The van der Waals surface area contributed by atoms with E-state index >= 15 is 0 Å². The van der Waals surface area contributed by atoms with E-state index in [1.807, 2.05) is 6.92 Å². The Labute approximate surface area is 128 Å². The molecule has 0 aliphatic carbocycles. The van der Waals surface area contributed by atoms with Crippen molar-refractivity contribution >= 4 is 17.6 Å². The molecule has 0 amide bonds. The molecule has 1 aromatic rings. The number of hydrogen-bond donors (Lipinski definition) is 1. The van der Waals surface area contributed by atoms with E-state index in [4.69, 9.17) is 25.8 Å². The van der Waals surface area contributed by atoms with Crippen molar-refractivity contribution in [2.24, 2.45) is 5.92 Å². The zero-order chi connectivity index (χ0) is 15.4. The average Bonchev–Trinajstić information content (AvgIpc) is 2.96. The van der Waals surface area contributed by atoms with E-state index in [-0.39, 0.29) is 6.79 Å². The molecule has 1 aliphatic rings. The Bertz CT molecular complexity index is 517. The third kappa shape index (κ3) is 3.41. The lowest BCUT2D eigenvalue weighted by Crippen LogP contribution is -2.23. The molecule has 5 nitrogen and oxygen atoms in total. The van der Waals surface area contributed by atoms with E-state index in [0.29, 0.717) is 28.5 Å². The second-order valence-electron chi connectivity index (χ2n) is 4.95. The van der Waals surface area contributed by atoms with Crippen LogP contribution >= 0.6 is 11.6 Å². The van der Waals surface area contributed by atoms with E-state index in [2.05, 4.69) is 0 Å². The Balaban J connectivity index is 2.25. The van der Waals surface area contributed by atoms with Gasteiger partial charge in [-0.2, -0.15) is 0 Å². The van der Waals surface area contributed by atoms with E-state index in [1.165, 1.54) is 7.11 Å². The van der Waals surface area contributed by atoms with Gasteiger partial charge in [0.2, 0.25) is 6.79 Å². The molecule has 2 unspecified atom stereocenters. The van der Waals surface area contributed by atoms with Crippen molar-refractivity contribution in [3.8, 4) is 11.5 Å². The Morgan fingerprint density at radius 3 is 2.90 bits per heavy atom. The number of ether oxygens (including phenoxy) is 3. The number of esters is 1. The van der Waals surface area contributed by atoms with Crippen LogP contribution in [0.25, 0.3) is 0 Å². The Morgan fingerprint density at radius 1 is 1.48 bits per heavy atom. The first-order valence-electron chi connectivity index (χ1n) is 6.93. The molecule has 1 N–H and O–H groups in total. The van der Waals surface area contributed by atoms with Gasteiger partial charge in [0.15, 0.2) is 11.5 Å². The number of halogens is 1. The maximum absolute atomic E-state index is 11.9. The van der Waals surface area contributed by atoms with Crippen LogP contribution in [0.1, 0.15) is 37.9 Å². The monoisotopic (exact) mass is 314 g/mol. The van der Waals surface area contributed by atoms with Gasteiger partial charge in [0, 0.05) is 0 Å². The predicted octanol–water partition coefficient (Wildman–Crippen LogP) is 3.08. The van der Waals surface area contributed by atoms with E-state index in [1.54, 1.807) is 12.1 Å². The minimum Gasteiger partial charge on any atom is -0.469 e. The summed E-state index contributed by atoms with van der Waals surface area (Å²) in [6.45, 7) is 2.13. The van der Waals surface area contributed by atoms with Crippen molar-refractivity contribution < 1.29 is 24.1 Å². The molecule has 0 radical (unpaired) electrons. The van der Waals surface area contributed by atoms with Crippen molar-refractivity contribution in [2.75, 3.05) is 13.9 Å². The number of hydrogen-bond acceptors (Lipinski definition) is 5. The van der Waals surface area contributed by atoms with Crippen molar-refractivity contribution in [3.05, 3.63) is 22.7 Å². The first kappa shape index (κ1) is 15.9. The topological polar surface area (TPSA) is 65.0 Å². The van der Waals surface area contributed by atoms with Crippen molar-refractivity contribution in [1.82, 2.24) is 0 Å². The summed E-state index contributed by atoms with van der Waals surface area (Å²) in [6.07, 6.45) is 1.32. The van der Waals surface area contributed by atoms with Crippen molar-refractivity contribution in [3.63, 3.8) is 0 Å². The van der Waals surface area contributed by atoms with E-state index in [9.17, 15) is 9.90 Å². The van der Waals surface area contributed by atoms with Gasteiger partial charge in [0.25, 0.3) is 0 Å². The van der Waals surface area contributed by atoms with Crippen molar-refractivity contribution in [2.45, 2.75) is 32.3 Å². The average molecular weight is 315 g/mol. The van der Waals surface area contributed by atoms with Crippen LogP contribution in [0.5, 0.6) is 11.5 Å². The highest BCUT2D eigenvalue weighted by Crippen LogP contribution is 2.42. The minimum atomic E-state index is -0.990. The summed E-state index contributed by atoms with van der Waals surface area (Å²) in [4.78, 5) is 11.9. The highest BCUT2D eigenvalue weighted by atomic mass is 35.5. The van der Waals surface area contributed by atoms with Crippen molar-refractivity contribution in [1.29, 1.82) is 0 Å². The highest BCUT2D eigenvalue weighted by molar-refractivity contribution is 6.32. The van der Waals surface area contributed by atoms with E-state index < -0.39 is 18.0 Å². The van der Waals surface area contributed by atoms with Gasteiger partial charge in [-0.1, -0.05) is 31.4 Å². The number of aliphatic hydroxyl groups excluding tert-OH is 1. The maximum Gasteiger partial charge on any atom is 0.311 e. The third-order valence-corrected chi connectivity index (χ3v) is 3.83. The molecule has 2 atom stereocenters. The summed E-state index contributed by atoms with van der Waals surface area (Å²) < 4.78 is 15.3. The van der Waals surface area contributed by atoms with Crippen LogP contribution in [-0.2, 0) is 9.53 Å². The number of aliphatic hydroxyl groups is 1. The number of benzene rings is 1. The van der Waals surface area contributed by atoms with Crippen LogP contribution in [0.2, 0.25) is 5.02 Å². The molecule has 1 aromatic carbocycles. The van der Waals surface area contributed by atoms with Gasteiger partial charge in [-0.15, -0.1) is 0 Å². The molecular formula is C15H19ClO5. The molecule has 1 aliphatic heterocycles. The Hall–Kier alpha value is -1.46. The largest absolute Gasteiger partial charge is 0.469 e.